The number of rotatable bonds is 11. The van der Waals surface area contributed by atoms with Gasteiger partial charge in [-0.25, -0.2) is 9.18 Å². The van der Waals surface area contributed by atoms with E-state index in [1.807, 2.05) is 0 Å². The molecule has 1 atom stereocenters. The van der Waals surface area contributed by atoms with Gasteiger partial charge >= 0.3 is 12.1 Å². The fraction of sp³-hybridized carbons (Fsp3) is 0.600. The molecule has 0 aliphatic rings. The van der Waals surface area contributed by atoms with Crippen molar-refractivity contribution in [1.29, 1.82) is 0 Å². The molecule has 0 saturated heterocycles. The lowest BCUT2D eigenvalue weighted by atomic mass is 10.1. The maximum atomic E-state index is 13.2. The van der Waals surface area contributed by atoms with E-state index < -0.39 is 17.7 Å². The Bertz CT molecular complexity index is 649. The van der Waals surface area contributed by atoms with Crippen LogP contribution in [0.25, 0.3) is 0 Å². The highest BCUT2D eigenvalue weighted by molar-refractivity contribution is 5.69. The Labute approximate surface area is 171 Å². The number of hydroxylamine groups is 2. The van der Waals surface area contributed by atoms with Gasteiger partial charge in [0.1, 0.15) is 11.4 Å². The van der Waals surface area contributed by atoms with E-state index in [9.17, 15) is 14.0 Å². The number of ether oxygens (including phenoxy) is 1. The number of halogens is 1. The van der Waals surface area contributed by atoms with Gasteiger partial charge in [0, 0.05) is 32.7 Å². The molecule has 0 saturated carbocycles. The Balaban J connectivity index is 2.96. The van der Waals surface area contributed by atoms with Crippen LogP contribution in [0.15, 0.2) is 24.3 Å². The van der Waals surface area contributed by atoms with Crippen molar-refractivity contribution >= 4 is 12.1 Å². The van der Waals surface area contributed by atoms with Crippen LogP contribution in [0.3, 0.4) is 0 Å². The van der Waals surface area contributed by atoms with Gasteiger partial charge < -0.3 is 24.9 Å². The van der Waals surface area contributed by atoms with E-state index in [4.69, 9.17) is 14.7 Å². The van der Waals surface area contributed by atoms with Crippen LogP contribution in [0.4, 0.5) is 9.18 Å². The zero-order chi connectivity index (χ0) is 22.0. The second-order valence-electron chi connectivity index (χ2n) is 7.78. The SMILES string of the molecule is CON(C)CCC(CN(Cc1ccc(F)cc1)C(=O)OC(C)(C)C)NCC(=O)O. The summed E-state index contributed by atoms with van der Waals surface area (Å²) < 4.78 is 18.7. The zero-order valence-corrected chi connectivity index (χ0v) is 17.8. The molecule has 8 nitrogen and oxygen atoms in total. The van der Waals surface area contributed by atoms with Gasteiger partial charge in [-0.15, -0.1) is 0 Å². The van der Waals surface area contributed by atoms with Crippen molar-refractivity contribution in [3.63, 3.8) is 0 Å². The first-order valence-corrected chi connectivity index (χ1v) is 9.43. The normalized spacial score (nSPS) is 12.7. The van der Waals surface area contributed by atoms with Crippen molar-refractivity contribution in [2.75, 3.05) is 33.8 Å². The number of carboxylic acid groups (broad SMARTS) is 1. The van der Waals surface area contributed by atoms with Crippen LogP contribution >= 0.6 is 0 Å². The predicted octanol–water partition coefficient (Wildman–Crippen LogP) is 2.49. The van der Waals surface area contributed by atoms with Gasteiger partial charge in [-0.05, 0) is 44.9 Å². The maximum absolute atomic E-state index is 13.2. The number of nitrogens with one attached hydrogen (secondary N) is 1. The largest absolute Gasteiger partial charge is 0.480 e. The van der Waals surface area contributed by atoms with Gasteiger partial charge in [-0.1, -0.05) is 12.1 Å². The Morgan fingerprint density at radius 1 is 1.24 bits per heavy atom. The summed E-state index contributed by atoms with van der Waals surface area (Å²) in [5.41, 5.74) is 0.0570. The minimum Gasteiger partial charge on any atom is -0.480 e. The molecule has 0 aliphatic carbocycles. The third-order valence-corrected chi connectivity index (χ3v) is 4.03. The number of hydrogen-bond acceptors (Lipinski definition) is 6. The van der Waals surface area contributed by atoms with Gasteiger partial charge in [0.2, 0.25) is 0 Å². The van der Waals surface area contributed by atoms with Gasteiger partial charge in [0.05, 0.1) is 13.7 Å². The van der Waals surface area contributed by atoms with Crippen LogP contribution in [0, 0.1) is 5.82 Å². The van der Waals surface area contributed by atoms with Crippen molar-refractivity contribution in [3.8, 4) is 0 Å². The van der Waals surface area contributed by atoms with Gasteiger partial charge in [0.15, 0.2) is 0 Å². The number of aliphatic carboxylic acids is 1. The summed E-state index contributed by atoms with van der Waals surface area (Å²) in [5, 5.41) is 13.6. The standard InChI is InChI=1S/C20H32FN3O5/c1-20(2,3)29-19(27)24(13-15-6-8-16(21)9-7-15)14-17(22-12-18(25)26)10-11-23(4)28-5/h6-9,17,22H,10-14H2,1-5H3,(H,25,26). The smallest absolute Gasteiger partial charge is 0.410 e. The zero-order valence-electron chi connectivity index (χ0n) is 17.8. The molecule has 2 N–H and O–H groups in total. The molecule has 1 rings (SSSR count). The molecule has 29 heavy (non-hydrogen) atoms. The van der Waals surface area contributed by atoms with Gasteiger partial charge in [0.25, 0.3) is 0 Å². The molecule has 0 heterocycles. The molecule has 0 spiro atoms. The topological polar surface area (TPSA) is 91.3 Å². The molecule has 0 aliphatic heterocycles. The Morgan fingerprint density at radius 2 is 1.86 bits per heavy atom. The minimum absolute atomic E-state index is 0.209. The molecular weight excluding hydrogens is 381 g/mol. The van der Waals surface area contributed by atoms with Crippen LogP contribution in [0.2, 0.25) is 0 Å². The molecule has 0 radical (unpaired) electrons. The molecule has 1 unspecified atom stereocenters. The second kappa shape index (κ2) is 11.7. The first-order chi connectivity index (χ1) is 13.5. The molecule has 0 aromatic heterocycles. The van der Waals surface area contributed by atoms with Crippen molar-refractivity contribution in [3.05, 3.63) is 35.6 Å². The molecule has 9 heteroatoms. The molecule has 0 fully saturated rings. The first kappa shape index (κ1) is 24.8. The second-order valence-corrected chi connectivity index (χ2v) is 7.78. The van der Waals surface area contributed by atoms with Crippen molar-refractivity contribution in [1.82, 2.24) is 15.3 Å². The van der Waals surface area contributed by atoms with Crippen LogP contribution in [-0.2, 0) is 20.9 Å². The molecule has 0 bridgehead atoms. The van der Waals surface area contributed by atoms with Gasteiger partial charge in [-0.2, -0.15) is 5.06 Å². The van der Waals surface area contributed by atoms with Crippen LogP contribution in [0.5, 0.6) is 0 Å². The number of nitrogens with zero attached hydrogens (tertiary/aromatic N) is 2. The summed E-state index contributed by atoms with van der Waals surface area (Å²) in [6, 6.07) is 5.56. The molecule has 1 aromatic carbocycles. The lowest BCUT2D eigenvalue weighted by molar-refractivity contribution is -0.136. The Morgan fingerprint density at radius 3 is 2.38 bits per heavy atom. The van der Waals surface area contributed by atoms with Gasteiger partial charge in [-0.3, -0.25) is 4.79 Å². The van der Waals surface area contributed by atoms with E-state index in [1.165, 1.54) is 17.0 Å². The summed E-state index contributed by atoms with van der Waals surface area (Å²) in [6.45, 7) is 6.04. The number of benzene rings is 1. The Kier molecular flexibility index (Phi) is 10.0. The van der Waals surface area contributed by atoms with Crippen LogP contribution in [0.1, 0.15) is 32.8 Å². The molecule has 1 amide bonds. The molecule has 164 valence electrons. The summed E-state index contributed by atoms with van der Waals surface area (Å²) in [6.07, 6.45) is 0.0180. The number of carboxylic acids is 1. The molecular formula is C20H32FN3O5. The minimum atomic E-state index is -0.988. The van der Waals surface area contributed by atoms with Crippen LogP contribution < -0.4 is 5.32 Å². The summed E-state index contributed by atoms with van der Waals surface area (Å²) >= 11 is 0. The Hall–Kier alpha value is -2.23. The van der Waals surface area contributed by atoms with E-state index in [0.29, 0.717) is 13.0 Å². The molecule has 1 aromatic rings. The van der Waals surface area contributed by atoms with E-state index in [0.717, 1.165) is 5.56 Å². The first-order valence-electron chi connectivity index (χ1n) is 9.43. The number of hydrogen-bond donors (Lipinski definition) is 2. The van der Waals surface area contributed by atoms with Crippen molar-refractivity contribution in [2.24, 2.45) is 0 Å². The summed E-state index contributed by atoms with van der Waals surface area (Å²) in [5.74, 6) is -1.35. The fourth-order valence-corrected chi connectivity index (χ4v) is 2.52. The van der Waals surface area contributed by atoms with Crippen LogP contribution in [-0.4, -0.2) is 72.6 Å². The van der Waals surface area contributed by atoms with E-state index >= 15 is 0 Å². The van der Waals surface area contributed by atoms with E-state index in [-0.39, 0.29) is 31.5 Å². The number of carbonyl (C=O) groups excluding carboxylic acids is 1. The van der Waals surface area contributed by atoms with Crippen molar-refractivity contribution < 1.29 is 28.7 Å². The average Bonchev–Trinajstić information content (AvgIpc) is 2.62. The van der Waals surface area contributed by atoms with E-state index in [2.05, 4.69) is 5.32 Å². The van der Waals surface area contributed by atoms with E-state index in [1.54, 1.807) is 52.1 Å². The lowest BCUT2D eigenvalue weighted by Crippen LogP contribution is -2.47. The monoisotopic (exact) mass is 413 g/mol. The summed E-state index contributed by atoms with van der Waals surface area (Å²) in [4.78, 5) is 30.3. The summed E-state index contributed by atoms with van der Waals surface area (Å²) in [7, 11) is 3.31. The highest BCUT2D eigenvalue weighted by atomic mass is 19.1. The third kappa shape index (κ3) is 10.8. The van der Waals surface area contributed by atoms with Crippen molar-refractivity contribution in [2.45, 2.75) is 45.4 Å². The predicted molar refractivity (Wildman–Crippen MR) is 107 cm³/mol. The fourth-order valence-electron chi connectivity index (χ4n) is 2.52. The highest BCUT2D eigenvalue weighted by Crippen LogP contribution is 2.14. The highest BCUT2D eigenvalue weighted by Gasteiger charge is 2.25. The number of amides is 1. The lowest BCUT2D eigenvalue weighted by Gasteiger charge is -2.31. The third-order valence-electron chi connectivity index (χ3n) is 4.03. The number of carbonyl (C=O) groups is 2. The average molecular weight is 413 g/mol. The maximum Gasteiger partial charge on any atom is 0.410 e. The quantitative estimate of drug-likeness (QED) is 0.539.